The number of carbonyl (C=O) groups excluding carboxylic acids is 4. The van der Waals surface area contributed by atoms with Gasteiger partial charge in [-0.05, 0) is 167 Å². The monoisotopic (exact) mass is 1540 g/mol. The van der Waals surface area contributed by atoms with E-state index in [0.717, 1.165) is 193 Å². The van der Waals surface area contributed by atoms with E-state index >= 15 is 0 Å². The molecule has 0 aliphatic carbocycles. The second kappa shape index (κ2) is 78.8. The first-order chi connectivity index (χ1) is 52.7. The van der Waals surface area contributed by atoms with Crippen LogP contribution in [0.5, 0.6) is 0 Å². The van der Waals surface area contributed by atoms with Crippen LogP contribution < -0.4 is 0 Å². The van der Waals surface area contributed by atoms with Crippen molar-refractivity contribution in [3.8, 4) is 0 Å². The Labute approximate surface area is 652 Å². The van der Waals surface area contributed by atoms with Crippen LogP contribution in [0.3, 0.4) is 0 Å². The Morgan fingerprint density at radius 3 is 0.778 bits per heavy atom. The highest BCUT2D eigenvalue weighted by atomic mass is 31.2. The molecule has 0 heterocycles. The highest BCUT2D eigenvalue weighted by Crippen LogP contribution is 2.45. The zero-order valence-corrected chi connectivity index (χ0v) is 68.2. The average Bonchev–Trinajstić information content (AvgIpc) is 0.907. The summed E-state index contributed by atoms with van der Waals surface area (Å²) in [6, 6.07) is 0. The molecule has 108 heavy (non-hydrogen) atoms. The van der Waals surface area contributed by atoms with Gasteiger partial charge in [-0.2, -0.15) is 0 Å². The Balaban J connectivity index is 5.52. The number of ether oxygens (including phenoxy) is 4. The molecular weight excluding hydrogens is 1400 g/mol. The minimum atomic E-state index is -5.02. The molecule has 17 nitrogen and oxygen atoms in total. The van der Waals surface area contributed by atoms with Crippen molar-refractivity contribution in [3.05, 3.63) is 207 Å². The molecule has 0 rings (SSSR count). The Morgan fingerprint density at radius 2 is 0.491 bits per heavy atom. The SMILES string of the molecule is CC/C=C\C/C=C\C/C=C\C/C=C\C/C=C\CC(=O)OC(COC(=O)CCCCCC/C=C\C/C=C\C/C=C\C/C=C\CC)COP(=O)(O)OCC(O)COP(=O)(O)OCC(COC(=O)CCCCCCCC/C=C\C/C=C\C/C=C\C/C=C\CC)OC(=O)CCCCCC/C=C\C/C=C\C/C=C\C/C=C\CC. The van der Waals surface area contributed by atoms with Crippen molar-refractivity contribution in [3.63, 3.8) is 0 Å². The third-order valence-corrected chi connectivity index (χ3v) is 17.7. The Bertz CT molecular complexity index is 2860. The zero-order chi connectivity index (χ0) is 78.9. The van der Waals surface area contributed by atoms with Gasteiger partial charge in [-0.1, -0.05) is 286 Å². The number of carbonyl (C=O) groups is 4. The van der Waals surface area contributed by atoms with Gasteiger partial charge in [0.05, 0.1) is 32.8 Å². The fourth-order valence-corrected chi connectivity index (χ4v) is 11.4. The van der Waals surface area contributed by atoms with Crippen LogP contribution >= 0.6 is 15.6 Å². The molecule has 5 unspecified atom stereocenters. The average molecular weight is 1540 g/mol. The van der Waals surface area contributed by atoms with E-state index in [1.54, 1.807) is 12.2 Å². The summed E-state index contributed by atoms with van der Waals surface area (Å²) in [6.07, 6.45) is 98.3. The lowest BCUT2D eigenvalue weighted by Gasteiger charge is -2.21. The first-order valence-electron chi connectivity index (χ1n) is 40.3. The number of aliphatic hydroxyl groups is 1. The van der Waals surface area contributed by atoms with Crippen LogP contribution in [0.4, 0.5) is 0 Å². The highest BCUT2D eigenvalue weighted by molar-refractivity contribution is 7.47. The summed E-state index contributed by atoms with van der Waals surface area (Å²) >= 11 is 0. The van der Waals surface area contributed by atoms with Gasteiger partial charge in [-0.15, -0.1) is 0 Å². The molecule has 608 valence electrons. The number of phosphoric acid groups is 2. The van der Waals surface area contributed by atoms with Crippen molar-refractivity contribution < 1.29 is 80.2 Å². The maximum Gasteiger partial charge on any atom is 0.472 e. The lowest BCUT2D eigenvalue weighted by atomic mass is 10.1. The molecule has 5 atom stereocenters. The number of rotatable bonds is 73. The molecule has 0 radical (unpaired) electrons. The lowest BCUT2D eigenvalue weighted by Crippen LogP contribution is -2.30. The Hall–Kier alpha value is -6.36. The molecule has 0 aliphatic heterocycles. The smallest absolute Gasteiger partial charge is 0.462 e. The zero-order valence-electron chi connectivity index (χ0n) is 66.4. The van der Waals surface area contributed by atoms with Crippen molar-refractivity contribution in [2.75, 3.05) is 39.6 Å². The van der Waals surface area contributed by atoms with Gasteiger partial charge in [0.2, 0.25) is 0 Å². The fourth-order valence-electron chi connectivity index (χ4n) is 9.80. The van der Waals surface area contributed by atoms with Crippen LogP contribution in [-0.4, -0.2) is 96.7 Å². The van der Waals surface area contributed by atoms with Crippen LogP contribution in [0.25, 0.3) is 0 Å². The molecule has 0 aromatic carbocycles. The van der Waals surface area contributed by atoms with Crippen molar-refractivity contribution in [1.29, 1.82) is 0 Å². The van der Waals surface area contributed by atoms with E-state index in [-0.39, 0.29) is 25.7 Å². The van der Waals surface area contributed by atoms with Crippen LogP contribution in [0.1, 0.15) is 272 Å². The van der Waals surface area contributed by atoms with Crippen molar-refractivity contribution in [2.24, 2.45) is 0 Å². The van der Waals surface area contributed by atoms with Crippen molar-refractivity contribution >= 4 is 39.5 Å². The summed E-state index contributed by atoms with van der Waals surface area (Å²) in [5.41, 5.74) is 0. The second-order valence-electron chi connectivity index (χ2n) is 25.8. The summed E-state index contributed by atoms with van der Waals surface area (Å²) in [6.45, 7) is 4.20. The van der Waals surface area contributed by atoms with Gasteiger partial charge in [-0.3, -0.25) is 37.3 Å². The predicted molar refractivity (Wildman–Crippen MR) is 445 cm³/mol. The Morgan fingerprint density at radius 1 is 0.269 bits per heavy atom. The Kier molecular flexibility index (Phi) is 74.1. The molecule has 0 aromatic rings. The molecule has 0 saturated carbocycles. The summed E-state index contributed by atoms with van der Waals surface area (Å²) in [4.78, 5) is 73.1. The molecule has 0 spiro atoms. The number of hydrogen-bond donors (Lipinski definition) is 3. The number of hydrogen-bond acceptors (Lipinski definition) is 15. The lowest BCUT2D eigenvalue weighted by molar-refractivity contribution is -0.161. The molecular formula is C89H140O17P2. The van der Waals surface area contributed by atoms with Gasteiger partial charge in [0, 0.05) is 19.3 Å². The highest BCUT2D eigenvalue weighted by Gasteiger charge is 2.30. The third-order valence-electron chi connectivity index (χ3n) is 15.8. The first kappa shape index (κ1) is 102. The first-order valence-corrected chi connectivity index (χ1v) is 43.3. The van der Waals surface area contributed by atoms with Gasteiger partial charge < -0.3 is 33.8 Å². The van der Waals surface area contributed by atoms with Gasteiger partial charge in [0.1, 0.15) is 19.3 Å². The van der Waals surface area contributed by atoms with Crippen LogP contribution in [0.15, 0.2) is 207 Å². The van der Waals surface area contributed by atoms with E-state index in [1.165, 1.54) is 0 Å². The van der Waals surface area contributed by atoms with Crippen molar-refractivity contribution in [1.82, 2.24) is 0 Å². The normalized spacial score (nSPS) is 14.9. The molecule has 0 bridgehead atoms. The summed E-state index contributed by atoms with van der Waals surface area (Å²) in [7, 11) is -10.0. The number of aliphatic hydroxyl groups excluding tert-OH is 1. The number of unbranched alkanes of at least 4 members (excludes halogenated alkanes) is 14. The molecule has 0 aliphatic rings. The number of phosphoric ester groups is 2. The quantitative estimate of drug-likeness (QED) is 0.0169. The van der Waals surface area contributed by atoms with Gasteiger partial charge in [0.15, 0.2) is 12.2 Å². The molecule has 0 fully saturated rings. The predicted octanol–water partition coefficient (Wildman–Crippen LogP) is 23.9. The molecule has 3 N–H and O–H groups in total. The van der Waals surface area contributed by atoms with Gasteiger partial charge >= 0.3 is 39.5 Å². The molecule has 0 amide bonds. The maximum atomic E-state index is 13.1. The topological polar surface area (TPSA) is 237 Å². The second-order valence-corrected chi connectivity index (χ2v) is 28.8. The van der Waals surface area contributed by atoms with E-state index < -0.39 is 97.5 Å². The van der Waals surface area contributed by atoms with Crippen LogP contribution in [0, 0.1) is 0 Å². The fraction of sp³-hybridized carbons (Fsp3) is 0.573. The van der Waals surface area contributed by atoms with Crippen molar-refractivity contribution in [2.45, 2.75) is 290 Å². The third kappa shape index (κ3) is 77.8. The summed E-state index contributed by atoms with van der Waals surface area (Å²) < 4.78 is 68.5. The summed E-state index contributed by atoms with van der Waals surface area (Å²) in [5, 5.41) is 10.7. The number of esters is 4. The molecule has 19 heteroatoms. The van der Waals surface area contributed by atoms with Gasteiger partial charge in [-0.25, -0.2) is 9.13 Å². The van der Waals surface area contributed by atoms with Gasteiger partial charge in [0.25, 0.3) is 0 Å². The molecule has 0 aromatic heterocycles. The van der Waals surface area contributed by atoms with E-state index in [1.807, 2.05) is 12.2 Å². The number of allylic oxidation sites excluding steroid dienone is 33. The largest absolute Gasteiger partial charge is 0.472 e. The molecule has 0 saturated heterocycles. The van der Waals surface area contributed by atoms with E-state index in [0.29, 0.717) is 25.7 Å². The minimum Gasteiger partial charge on any atom is -0.462 e. The van der Waals surface area contributed by atoms with Crippen LogP contribution in [-0.2, 0) is 65.4 Å². The van der Waals surface area contributed by atoms with Crippen LogP contribution in [0.2, 0.25) is 0 Å². The van der Waals surface area contributed by atoms with E-state index in [2.05, 4.69) is 210 Å². The minimum absolute atomic E-state index is 0.0517. The van der Waals surface area contributed by atoms with E-state index in [4.69, 9.17) is 37.0 Å². The van der Waals surface area contributed by atoms with E-state index in [9.17, 15) is 43.2 Å². The maximum absolute atomic E-state index is 13.1. The summed E-state index contributed by atoms with van der Waals surface area (Å²) in [5.74, 6) is -2.42. The standard InChI is InChI=1S/C89H140O17P2/c1-5-9-13-17-21-25-29-33-37-40-41-44-47-50-54-58-62-66-70-74-87(92)100-80-85(106-89(94)76-72-68-64-60-56-52-48-43-39-35-31-27-23-19-15-11-7-3)82-104-108(97,98)102-78-83(90)77-101-107(95,96)103-81-84(105-88(93)75-71-67-63-59-55-51-45-36-32-28-24-20-16-12-8-4)79-99-86(91)73-69-65-61-57-53-49-46-42-38-34-30-26-22-18-14-10-6-2/h9-16,21-28,33-39,41,44-46,48-49,52,55,59,67,71,83-85,90H,5-8,17-20,29-32,40,42-43,47,50-51,53-54,56-58,60-66,68-70,72-82H2,1-4H3,(H,95,96)(H,97,98)/b13-9-,14-10-,15-11-,16-12-,25-21-,26-22-,27-23-,28-24-,37-33-,38-34-,39-35-,44-41-,45-36-,49-46-,52-48-,59-55-,71-67-.